The van der Waals surface area contributed by atoms with Gasteiger partial charge in [0.2, 0.25) is 0 Å². The summed E-state index contributed by atoms with van der Waals surface area (Å²) in [4.78, 5) is 10.4. The highest BCUT2D eigenvalue weighted by Crippen LogP contribution is 2.37. The van der Waals surface area contributed by atoms with Gasteiger partial charge in [-0.3, -0.25) is 4.57 Å². The molecule has 0 unspecified atom stereocenters. The van der Waals surface area contributed by atoms with E-state index in [1.165, 1.54) is 81.8 Å². The maximum atomic E-state index is 10.4. The third-order valence-corrected chi connectivity index (χ3v) is 5.70. The SMILES string of the molecule is CCCCCCCCCCCC[N+](C)(C)CC.CCOP(=O)([O-])OCC. The van der Waals surface area contributed by atoms with Crippen LogP contribution in [0.1, 0.15) is 91.9 Å². The van der Waals surface area contributed by atoms with E-state index in [1.807, 2.05) is 0 Å². The fourth-order valence-corrected chi connectivity index (χ4v) is 3.25. The van der Waals surface area contributed by atoms with E-state index in [2.05, 4.69) is 37.0 Å². The van der Waals surface area contributed by atoms with Crippen molar-refractivity contribution in [3.8, 4) is 0 Å². The fraction of sp³-hybridized carbons (Fsp3) is 1.00. The lowest BCUT2D eigenvalue weighted by atomic mass is 10.1. The number of hydrogen-bond donors (Lipinski definition) is 0. The van der Waals surface area contributed by atoms with Crippen LogP contribution >= 0.6 is 7.82 Å². The van der Waals surface area contributed by atoms with Gasteiger partial charge in [0.15, 0.2) is 0 Å². The molecule has 160 valence electrons. The van der Waals surface area contributed by atoms with Crippen LogP contribution < -0.4 is 4.89 Å². The van der Waals surface area contributed by atoms with Crippen molar-refractivity contribution in [1.29, 1.82) is 0 Å². The van der Waals surface area contributed by atoms with Crippen molar-refractivity contribution >= 4 is 7.82 Å². The molecule has 0 atom stereocenters. The van der Waals surface area contributed by atoms with Gasteiger partial charge in [-0.15, -0.1) is 0 Å². The van der Waals surface area contributed by atoms with E-state index in [4.69, 9.17) is 0 Å². The summed E-state index contributed by atoms with van der Waals surface area (Å²) in [6, 6.07) is 0. The molecule has 0 aliphatic carbocycles. The lowest BCUT2D eigenvalue weighted by Gasteiger charge is -2.28. The summed E-state index contributed by atoms with van der Waals surface area (Å²) in [6.45, 7) is 10.6. The highest BCUT2D eigenvalue weighted by molar-refractivity contribution is 7.45. The number of nitrogens with zero attached hydrogens (tertiary/aromatic N) is 1. The molecular formula is C20H46NO4P. The van der Waals surface area contributed by atoms with Gasteiger partial charge < -0.3 is 18.4 Å². The zero-order chi connectivity index (χ0) is 20.3. The first-order valence-electron chi connectivity index (χ1n) is 10.7. The Morgan fingerprint density at radius 3 is 1.46 bits per heavy atom. The van der Waals surface area contributed by atoms with Gasteiger partial charge in [-0.2, -0.15) is 0 Å². The minimum Gasteiger partial charge on any atom is -0.756 e. The van der Waals surface area contributed by atoms with Crippen LogP contribution in [0.2, 0.25) is 0 Å². The molecule has 0 aromatic heterocycles. The molecule has 0 heterocycles. The smallest absolute Gasteiger partial charge is 0.267 e. The Bertz CT molecular complexity index is 328. The molecule has 0 aliphatic rings. The van der Waals surface area contributed by atoms with Crippen molar-refractivity contribution in [1.82, 2.24) is 0 Å². The van der Waals surface area contributed by atoms with Crippen molar-refractivity contribution in [2.45, 2.75) is 91.9 Å². The summed E-state index contributed by atoms with van der Waals surface area (Å²) < 4.78 is 20.1. The average molecular weight is 396 g/mol. The van der Waals surface area contributed by atoms with Crippen LogP contribution in [0.5, 0.6) is 0 Å². The predicted octanol–water partition coefficient (Wildman–Crippen LogP) is 5.53. The molecule has 0 N–H and O–H groups in total. The first-order chi connectivity index (χ1) is 12.2. The maximum Gasteiger partial charge on any atom is 0.267 e. The number of phosphoric ester groups is 1. The monoisotopic (exact) mass is 395 g/mol. The van der Waals surface area contributed by atoms with Crippen molar-refractivity contribution in [2.24, 2.45) is 0 Å². The molecule has 0 amide bonds. The van der Waals surface area contributed by atoms with Gasteiger partial charge >= 0.3 is 0 Å². The summed E-state index contributed by atoms with van der Waals surface area (Å²) in [6.07, 6.45) is 14.4. The molecule has 0 saturated heterocycles. The van der Waals surface area contributed by atoms with Gasteiger partial charge in [-0.05, 0) is 33.6 Å². The normalized spacial score (nSPS) is 12.0. The molecular weight excluding hydrogens is 349 g/mol. The summed E-state index contributed by atoms with van der Waals surface area (Å²) in [5, 5.41) is 0. The number of hydrogen-bond acceptors (Lipinski definition) is 4. The Morgan fingerprint density at radius 2 is 1.12 bits per heavy atom. The van der Waals surface area contributed by atoms with Crippen molar-refractivity contribution in [2.75, 3.05) is 40.4 Å². The Hall–Kier alpha value is 0.0700. The molecule has 0 aliphatic heterocycles. The minimum atomic E-state index is -3.94. The van der Waals surface area contributed by atoms with E-state index in [0.29, 0.717) is 0 Å². The molecule has 0 radical (unpaired) electrons. The van der Waals surface area contributed by atoms with Crippen molar-refractivity contribution < 1.29 is 23.0 Å². The lowest BCUT2D eigenvalue weighted by molar-refractivity contribution is -0.888. The van der Waals surface area contributed by atoms with Crippen LogP contribution in [0.25, 0.3) is 0 Å². The first kappa shape index (κ1) is 28.3. The molecule has 0 fully saturated rings. The van der Waals surface area contributed by atoms with Crippen LogP contribution in [-0.4, -0.2) is 44.9 Å². The molecule has 0 aromatic carbocycles. The van der Waals surface area contributed by atoms with Crippen LogP contribution in [0.3, 0.4) is 0 Å². The summed E-state index contributed by atoms with van der Waals surface area (Å²) in [5.74, 6) is 0. The zero-order valence-corrected chi connectivity index (χ0v) is 19.3. The fourth-order valence-electron chi connectivity index (χ4n) is 2.54. The molecule has 0 aromatic rings. The summed E-state index contributed by atoms with van der Waals surface area (Å²) in [5.41, 5.74) is 0. The molecule has 0 rings (SSSR count). The van der Waals surface area contributed by atoms with Gasteiger partial charge in [0, 0.05) is 0 Å². The molecule has 26 heavy (non-hydrogen) atoms. The van der Waals surface area contributed by atoms with E-state index in [-0.39, 0.29) is 13.2 Å². The lowest BCUT2D eigenvalue weighted by Crippen LogP contribution is -2.39. The number of quaternary nitrogens is 1. The average Bonchev–Trinajstić information content (AvgIpc) is 2.57. The predicted molar refractivity (Wildman–Crippen MR) is 110 cm³/mol. The summed E-state index contributed by atoms with van der Waals surface area (Å²) >= 11 is 0. The Labute approximate surface area is 163 Å². The highest BCUT2D eigenvalue weighted by Gasteiger charge is 2.09. The second-order valence-corrected chi connectivity index (χ2v) is 8.85. The zero-order valence-electron chi connectivity index (χ0n) is 18.4. The van der Waals surface area contributed by atoms with Crippen LogP contribution in [0.15, 0.2) is 0 Å². The first-order valence-corrected chi connectivity index (χ1v) is 12.1. The van der Waals surface area contributed by atoms with E-state index in [9.17, 15) is 9.46 Å². The largest absolute Gasteiger partial charge is 0.756 e. The Morgan fingerprint density at radius 1 is 0.731 bits per heavy atom. The third-order valence-electron chi connectivity index (χ3n) is 4.55. The van der Waals surface area contributed by atoms with Crippen LogP contribution in [0, 0.1) is 0 Å². The number of rotatable bonds is 16. The molecule has 0 bridgehead atoms. The van der Waals surface area contributed by atoms with E-state index >= 15 is 0 Å². The topological polar surface area (TPSA) is 58.6 Å². The van der Waals surface area contributed by atoms with Crippen LogP contribution in [-0.2, 0) is 13.6 Å². The molecule has 5 nitrogen and oxygen atoms in total. The third kappa shape index (κ3) is 22.1. The van der Waals surface area contributed by atoms with Crippen molar-refractivity contribution in [3.05, 3.63) is 0 Å². The maximum absolute atomic E-state index is 10.4. The molecule has 0 spiro atoms. The number of unbranched alkanes of at least 4 members (excludes halogenated alkanes) is 9. The molecule has 6 heteroatoms. The van der Waals surface area contributed by atoms with Gasteiger partial charge in [0.25, 0.3) is 7.82 Å². The van der Waals surface area contributed by atoms with Crippen LogP contribution in [0.4, 0.5) is 0 Å². The second kappa shape index (κ2) is 18.4. The standard InChI is InChI=1S/C16H36N.C4H11O4P/c1-5-7-8-9-10-11-12-13-14-15-16-17(3,4)6-2;1-3-7-9(5,6)8-4-2/h5-16H2,1-4H3;3-4H2,1-2H3,(H,5,6)/q+1;/p-1. The van der Waals surface area contributed by atoms with Crippen molar-refractivity contribution in [3.63, 3.8) is 0 Å². The number of phosphoric acid groups is 1. The minimum absolute atomic E-state index is 0.126. The Kier molecular flexibility index (Phi) is 20.1. The van der Waals surface area contributed by atoms with E-state index in [1.54, 1.807) is 13.8 Å². The van der Waals surface area contributed by atoms with Gasteiger partial charge in [-0.1, -0.05) is 58.3 Å². The summed E-state index contributed by atoms with van der Waals surface area (Å²) in [7, 11) is 0.739. The van der Waals surface area contributed by atoms with E-state index < -0.39 is 7.82 Å². The molecule has 0 saturated carbocycles. The quantitative estimate of drug-likeness (QED) is 0.196. The highest BCUT2D eigenvalue weighted by atomic mass is 31.2. The van der Waals surface area contributed by atoms with Gasteiger partial charge in [-0.25, -0.2) is 0 Å². The Balaban J connectivity index is 0. The van der Waals surface area contributed by atoms with Gasteiger partial charge in [0.05, 0.1) is 40.4 Å². The van der Waals surface area contributed by atoms with E-state index in [0.717, 1.165) is 0 Å². The van der Waals surface area contributed by atoms with Gasteiger partial charge in [0.1, 0.15) is 0 Å². The second-order valence-electron chi connectivity index (χ2n) is 7.44.